The van der Waals surface area contributed by atoms with Gasteiger partial charge in [-0.3, -0.25) is 0 Å². The molecule has 0 atom stereocenters. The maximum atomic E-state index is 12.6. The highest BCUT2D eigenvalue weighted by molar-refractivity contribution is 5.41. The normalized spacial score (nSPS) is 11.2. The highest BCUT2D eigenvalue weighted by atomic mass is 127. The molecule has 0 bridgehead atoms. The van der Waals surface area contributed by atoms with E-state index in [4.69, 9.17) is 14.2 Å². The minimum atomic E-state index is -4.33. The second-order valence-electron chi connectivity index (χ2n) is 4.45. The van der Waals surface area contributed by atoms with Gasteiger partial charge in [0.2, 0.25) is 0 Å². The Morgan fingerprint density at radius 2 is 1.35 bits per heavy atom. The van der Waals surface area contributed by atoms with Crippen molar-refractivity contribution in [3.63, 3.8) is 0 Å². The summed E-state index contributed by atoms with van der Waals surface area (Å²) in [6.45, 7) is 0. The van der Waals surface area contributed by atoms with Crippen LogP contribution in [0.25, 0.3) is 0 Å². The number of rotatable bonds is 5. The summed E-state index contributed by atoms with van der Waals surface area (Å²) >= 11 is -0.768. The van der Waals surface area contributed by atoms with Gasteiger partial charge >= 0.3 is 27.4 Å². The molecule has 0 saturated carbocycles. The summed E-state index contributed by atoms with van der Waals surface area (Å²) in [4.78, 5) is 0. The zero-order valence-corrected chi connectivity index (χ0v) is 14.9. The van der Waals surface area contributed by atoms with E-state index < -0.39 is 32.9 Å². The van der Waals surface area contributed by atoms with Crippen molar-refractivity contribution in [3.05, 3.63) is 49.1 Å². The van der Waals surface area contributed by atoms with Crippen LogP contribution in [0, 0.1) is 7.14 Å². The summed E-state index contributed by atoms with van der Waals surface area (Å²) in [5.41, 5.74) is -0.654. The fourth-order valence-electron chi connectivity index (χ4n) is 1.87. The van der Waals surface area contributed by atoms with Gasteiger partial charge in [-0.25, -0.2) is 0 Å². The maximum absolute atomic E-state index is 12.6. The average molecular weight is 439 g/mol. The number of ether oxygens (including phenoxy) is 3. The van der Waals surface area contributed by atoms with Crippen LogP contribution in [0.2, 0.25) is 0 Å². The van der Waals surface area contributed by atoms with Crippen LogP contribution >= 0.6 is 0 Å². The topological polar surface area (TPSA) is 27.7 Å². The van der Waals surface area contributed by atoms with Gasteiger partial charge in [0.15, 0.2) is 15.1 Å². The highest BCUT2D eigenvalue weighted by Crippen LogP contribution is 2.29. The highest BCUT2D eigenvalue weighted by Gasteiger charge is 2.32. The first kappa shape index (κ1) is 17.7. The number of benzene rings is 2. The Morgan fingerprint density at radius 1 is 0.826 bits per heavy atom. The monoisotopic (exact) mass is 439 g/mol. The molecule has 0 aliphatic rings. The van der Waals surface area contributed by atoms with Gasteiger partial charge in [0, 0.05) is 12.1 Å². The van der Waals surface area contributed by atoms with Crippen molar-refractivity contribution in [1.29, 1.82) is 0 Å². The summed E-state index contributed by atoms with van der Waals surface area (Å²) in [7, 11) is 4.61. The molecule has 0 spiro atoms. The summed E-state index contributed by atoms with van der Waals surface area (Å²) in [5.74, 6) is 1.81. The Morgan fingerprint density at radius 3 is 1.74 bits per heavy atom. The molecule has 3 nitrogen and oxygen atoms in total. The van der Waals surface area contributed by atoms with Crippen LogP contribution in [0.4, 0.5) is 13.2 Å². The van der Waals surface area contributed by atoms with Gasteiger partial charge in [-0.15, -0.1) is 0 Å². The molecule has 2 aromatic rings. The minimum Gasteiger partial charge on any atom is -0.496 e. The summed E-state index contributed by atoms with van der Waals surface area (Å²) in [5, 5.41) is 0. The summed E-state index contributed by atoms with van der Waals surface area (Å²) in [6, 6.07) is 8.66. The number of alkyl halides is 3. The Kier molecular flexibility index (Phi) is 5.61. The molecule has 7 heteroatoms. The molecule has 0 aliphatic heterocycles. The third kappa shape index (κ3) is 4.21. The molecule has 0 fully saturated rings. The maximum Gasteiger partial charge on any atom is 0.416 e. The van der Waals surface area contributed by atoms with Crippen LogP contribution in [0.1, 0.15) is 5.56 Å². The van der Waals surface area contributed by atoms with E-state index in [0.29, 0.717) is 17.2 Å². The molecule has 0 amide bonds. The molecule has 0 saturated heterocycles. The van der Waals surface area contributed by atoms with Crippen LogP contribution in [0.3, 0.4) is 0 Å². The van der Waals surface area contributed by atoms with E-state index in [-0.39, 0.29) is 0 Å². The molecule has 0 unspecified atom stereocenters. The van der Waals surface area contributed by atoms with Crippen molar-refractivity contribution in [3.8, 4) is 17.2 Å². The van der Waals surface area contributed by atoms with Gasteiger partial charge in [0.25, 0.3) is 3.57 Å². The van der Waals surface area contributed by atoms with Crippen molar-refractivity contribution in [1.82, 2.24) is 0 Å². The predicted octanol–water partition coefficient (Wildman–Crippen LogP) is 0.860. The molecule has 2 rings (SSSR count). The van der Waals surface area contributed by atoms with Crippen molar-refractivity contribution >= 4 is 0 Å². The largest absolute Gasteiger partial charge is 0.496 e. The lowest BCUT2D eigenvalue weighted by atomic mass is 10.2. The molecule has 0 N–H and O–H groups in total. The Balaban J connectivity index is 2.35. The number of halogens is 4. The second-order valence-corrected chi connectivity index (χ2v) is 7.31. The first-order chi connectivity index (χ1) is 10.9. The zero-order chi connectivity index (χ0) is 17.0. The van der Waals surface area contributed by atoms with Crippen LogP contribution < -0.4 is 35.4 Å². The number of hydrogen-bond donors (Lipinski definition) is 0. The molecule has 0 aromatic heterocycles. The van der Waals surface area contributed by atoms with E-state index in [1.165, 1.54) is 26.4 Å². The predicted molar refractivity (Wildman–Crippen MR) is 74.9 cm³/mol. The van der Waals surface area contributed by atoms with E-state index in [2.05, 4.69) is 0 Å². The van der Waals surface area contributed by atoms with E-state index in [1.807, 2.05) is 0 Å². The smallest absolute Gasteiger partial charge is 0.416 e. The first-order valence-corrected chi connectivity index (χ1v) is 8.67. The Bertz CT molecular complexity index is 644. The van der Waals surface area contributed by atoms with Gasteiger partial charge in [0.1, 0.15) is 5.75 Å². The molecular weight excluding hydrogens is 424 g/mol. The molecule has 124 valence electrons. The molecular formula is C16H15F3IO3+. The molecule has 0 heterocycles. The third-order valence-corrected chi connectivity index (χ3v) is 5.97. The molecule has 0 radical (unpaired) electrons. The van der Waals surface area contributed by atoms with E-state index in [0.717, 1.165) is 19.3 Å². The van der Waals surface area contributed by atoms with Gasteiger partial charge in [-0.1, -0.05) is 0 Å². The van der Waals surface area contributed by atoms with Crippen molar-refractivity contribution < 1.29 is 48.6 Å². The van der Waals surface area contributed by atoms with Crippen molar-refractivity contribution in [2.75, 3.05) is 21.3 Å². The van der Waals surface area contributed by atoms with Crippen LogP contribution in [-0.4, -0.2) is 21.3 Å². The lowest BCUT2D eigenvalue weighted by molar-refractivity contribution is -0.598. The van der Waals surface area contributed by atoms with Crippen LogP contribution in [0.15, 0.2) is 36.4 Å². The zero-order valence-electron chi connectivity index (χ0n) is 12.7. The van der Waals surface area contributed by atoms with E-state index >= 15 is 0 Å². The fourth-order valence-corrected chi connectivity index (χ4v) is 4.49. The quantitative estimate of drug-likeness (QED) is 0.648. The van der Waals surface area contributed by atoms with Gasteiger partial charge < -0.3 is 14.2 Å². The average Bonchev–Trinajstić information content (AvgIpc) is 2.54. The molecule has 0 aliphatic carbocycles. The van der Waals surface area contributed by atoms with Gasteiger partial charge in [0.05, 0.1) is 26.9 Å². The second kappa shape index (κ2) is 7.29. The lowest BCUT2D eigenvalue weighted by Crippen LogP contribution is -3.61. The van der Waals surface area contributed by atoms with E-state index in [9.17, 15) is 13.2 Å². The van der Waals surface area contributed by atoms with Crippen molar-refractivity contribution in [2.24, 2.45) is 0 Å². The third-order valence-electron chi connectivity index (χ3n) is 3.03. The SMILES string of the molecule is COc1cc(OC)c([I+]c2ccc(C(F)(F)F)cc2)c(OC)c1. The Labute approximate surface area is 142 Å². The number of methoxy groups -OCH3 is 3. The lowest BCUT2D eigenvalue weighted by Gasteiger charge is -2.08. The molecule has 2 aromatic carbocycles. The van der Waals surface area contributed by atoms with Gasteiger partial charge in [-0.2, -0.15) is 13.2 Å². The van der Waals surface area contributed by atoms with Crippen LogP contribution in [0.5, 0.6) is 17.2 Å². The van der Waals surface area contributed by atoms with Crippen LogP contribution in [-0.2, 0) is 6.18 Å². The number of hydrogen-bond acceptors (Lipinski definition) is 3. The summed E-state index contributed by atoms with van der Waals surface area (Å²) < 4.78 is 55.5. The van der Waals surface area contributed by atoms with Crippen molar-refractivity contribution in [2.45, 2.75) is 6.18 Å². The van der Waals surface area contributed by atoms with E-state index in [1.54, 1.807) is 19.2 Å². The minimum absolute atomic E-state index is 0.596. The fraction of sp³-hybridized carbons (Fsp3) is 0.250. The first-order valence-electron chi connectivity index (χ1n) is 6.51. The molecule has 23 heavy (non-hydrogen) atoms. The Hall–Kier alpha value is -1.64. The summed E-state index contributed by atoms with van der Waals surface area (Å²) in [6.07, 6.45) is -4.33. The standard InChI is InChI=1S/C16H15F3IO3/c1-21-12-8-13(22-2)15(14(9-12)23-3)20-11-6-4-10(5-7-11)16(17,18)19/h4-9H,1-3H3/q+1. The van der Waals surface area contributed by atoms with Gasteiger partial charge in [-0.05, 0) is 24.3 Å².